The first-order valence-corrected chi connectivity index (χ1v) is 24.2. The zero-order chi connectivity index (χ0) is 46.1. The summed E-state index contributed by atoms with van der Waals surface area (Å²) in [5.74, 6) is 0. The minimum absolute atomic E-state index is 0.0374. The molecule has 2 aliphatic heterocycles. The lowest BCUT2D eigenvalue weighted by atomic mass is 9.33. The van der Waals surface area contributed by atoms with E-state index in [0.717, 1.165) is 28.4 Å². The third kappa shape index (κ3) is 6.17. The van der Waals surface area contributed by atoms with E-state index >= 15 is 0 Å². The topological polar surface area (TPSA) is 11.4 Å². The normalized spacial score (nSPS) is 12.5. The predicted octanol–water partition coefficient (Wildman–Crippen LogP) is 15.5. The zero-order valence-corrected chi connectivity index (χ0v) is 38.3. The van der Waals surface area contributed by atoms with Crippen LogP contribution in [0.5, 0.6) is 0 Å². The Bertz CT molecular complexity index is 3790. The van der Waals surface area contributed by atoms with E-state index in [1.807, 2.05) is 0 Å². The molecule has 4 heteroatoms. The van der Waals surface area contributed by atoms with E-state index in [2.05, 4.69) is 281 Å². The van der Waals surface area contributed by atoms with Crippen molar-refractivity contribution in [3.8, 4) is 50.2 Å². The van der Waals surface area contributed by atoms with Crippen molar-refractivity contribution >= 4 is 79.0 Å². The molecular weight excluding hydrogens is 846 g/mol. The van der Waals surface area contributed by atoms with Gasteiger partial charge in [-0.1, -0.05) is 231 Å². The van der Waals surface area contributed by atoms with Gasteiger partial charge < -0.3 is 14.4 Å². The minimum atomic E-state index is -0.0374. The van der Waals surface area contributed by atoms with Gasteiger partial charge in [-0.05, 0) is 75.0 Å². The molecule has 0 radical (unpaired) electrons. The van der Waals surface area contributed by atoms with Crippen LogP contribution < -0.4 is 26.2 Å². The summed E-state index contributed by atoms with van der Waals surface area (Å²) in [5.41, 5.74) is 23.6. The summed E-state index contributed by atoms with van der Waals surface area (Å²) in [6, 6.07) is 98.3. The third-order valence-corrected chi connectivity index (χ3v) is 14.5. The van der Waals surface area contributed by atoms with Gasteiger partial charge in [-0.3, -0.25) is 0 Å². The van der Waals surface area contributed by atoms with E-state index in [-0.39, 0.29) is 6.71 Å². The van der Waals surface area contributed by atoms with Crippen molar-refractivity contribution in [2.24, 2.45) is 0 Å². The molecule has 70 heavy (non-hydrogen) atoms. The molecule has 0 saturated heterocycles. The molecule has 0 atom stereocenters. The molecule has 0 amide bonds. The van der Waals surface area contributed by atoms with E-state index in [1.54, 1.807) is 0 Å². The molecule has 0 unspecified atom stereocenters. The van der Waals surface area contributed by atoms with Crippen LogP contribution in [0.4, 0.5) is 34.1 Å². The number of fused-ring (bicyclic) bond motifs is 7. The van der Waals surface area contributed by atoms with Crippen molar-refractivity contribution in [2.75, 3.05) is 9.80 Å². The number of para-hydroxylation sites is 6. The average molecular weight is 890 g/mol. The largest absolute Gasteiger partial charge is 0.311 e. The third-order valence-electron chi connectivity index (χ3n) is 14.5. The van der Waals surface area contributed by atoms with Gasteiger partial charge in [0.15, 0.2) is 0 Å². The number of rotatable bonds is 7. The zero-order valence-electron chi connectivity index (χ0n) is 38.3. The van der Waals surface area contributed by atoms with Gasteiger partial charge in [0.2, 0.25) is 0 Å². The summed E-state index contributed by atoms with van der Waals surface area (Å²) in [6.45, 7) is -0.0374. The highest BCUT2D eigenvalue weighted by atomic mass is 15.2. The first kappa shape index (κ1) is 40.0. The van der Waals surface area contributed by atoms with Crippen LogP contribution in [0.25, 0.3) is 72.0 Å². The highest BCUT2D eigenvalue weighted by Gasteiger charge is 2.44. The minimum Gasteiger partial charge on any atom is -0.311 e. The number of aromatic nitrogens is 1. The van der Waals surface area contributed by atoms with Gasteiger partial charge in [0.25, 0.3) is 6.71 Å². The van der Waals surface area contributed by atoms with Gasteiger partial charge in [0.1, 0.15) is 0 Å². The van der Waals surface area contributed by atoms with Crippen LogP contribution >= 0.6 is 0 Å². The summed E-state index contributed by atoms with van der Waals surface area (Å²) in [6.07, 6.45) is 0. The summed E-state index contributed by atoms with van der Waals surface area (Å²) >= 11 is 0. The molecule has 11 aromatic carbocycles. The van der Waals surface area contributed by atoms with Gasteiger partial charge in [0.05, 0.1) is 22.4 Å². The van der Waals surface area contributed by atoms with Gasteiger partial charge in [-0.15, -0.1) is 0 Å². The van der Waals surface area contributed by atoms with Crippen LogP contribution in [-0.2, 0) is 0 Å². The lowest BCUT2D eigenvalue weighted by molar-refractivity contribution is 1.16. The molecule has 12 aromatic rings. The number of benzene rings is 11. The average Bonchev–Trinajstić information content (AvgIpc) is 3.79. The Morgan fingerprint density at radius 2 is 0.643 bits per heavy atom. The Hall–Kier alpha value is -9.12. The fraction of sp³-hybridized carbons (Fsp3) is 0. The molecule has 14 rings (SSSR count). The monoisotopic (exact) mass is 889 g/mol. The standard InChI is InChI=1S/C66H44BN3/c1-6-23-45(24-7-1)51-33-20-34-52(46-25-8-2-9-26-46)64(51)70-60-42-19-17-40-58(60)67-57-39-16-18-41-59(57)68(49-31-14-5-15-32-49)61-43-50(44-62(70)63(61)67)69-65-53(47-27-10-3-11-28-47)35-21-37-55(65)56-38-22-36-54(66(56)69)48-29-12-4-13-30-48/h1-44H. The Morgan fingerprint density at radius 1 is 0.271 bits per heavy atom. The molecule has 0 fully saturated rings. The van der Waals surface area contributed by atoms with Gasteiger partial charge in [-0.25, -0.2) is 0 Å². The second-order valence-electron chi connectivity index (χ2n) is 18.4. The molecule has 1 aromatic heterocycles. The lowest BCUT2D eigenvalue weighted by Crippen LogP contribution is -2.61. The summed E-state index contributed by atoms with van der Waals surface area (Å²) in [5, 5.41) is 2.43. The molecule has 2 aliphatic rings. The first-order chi connectivity index (χ1) is 34.8. The van der Waals surface area contributed by atoms with Crippen molar-refractivity contribution in [3.05, 3.63) is 267 Å². The van der Waals surface area contributed by atoms with Gasteiger partial charge in [0, 0.05) is 61.5 Å². The molecule has 0 spiro atoms. The smallest absolute Gasteiger partial charge is 0.252 e. The first-order valence-electron chi connectivity index (χ1n) is 24.2. The van der Waals surface area contributed by atoms with Crippen LogP contribution in [0.2, 0.25) is 0 Å². The van der Waals surface area contributed by atoms with Crippen molar-refractivity contribution < 1.29 is 0 Å². The van der Waals surface area contributed by atoms with Crippen LogP contribution in [0, 0.1) is 0 Å². The van der Waals surface area contributed by atoms with Crippen LogP contribution in [-0.4, -0.2) is 11.3 Å². The highest BCUT2D eigenvalue weighted by molar-refractivity contribution is 7.00. The molecule has 0 aliphatic carbocycles. The van der Waals surface area contributed by atoms with Crippen LogP contribution in [0.3, 0.4) is 0 Å². The number of nitrogens with zero attached hydrogens (tertiary/aromatic N) is 3. The van der Waals surface area contributed by atoms with Crippen molar-refractivity contribution in [3.63, 3.8) is 0 Å². The van der Waals surface area contributed by atoms with E-state index in [0.29, 0.717) is 0 Å². The Morgan fingerprint density at radius 3 is 1.13 bits per heavy atom. The molecule has 3 nitrogen and oxygen atoms in total. The number of hydrogen-bond donors (Lipinski definition) is 0. The van der Waals surface area contributed by atoms with Crippen molar-refractivity contribution in [2.45, 2.75) is 0 Å². The molecular formula is C66H44BN3. The Labute approximate surface area is 408 Å². The van der Waals surface area contributed by atoms with Crippen molar-refractivity contribution in [1.82, 2.24) is 4.57 Å². The summed E-state index contributed by atoms with van der Waals surface area (Å²) in [7, 11) is 0. The fourth-order valence-electron chi connectivity index (χ4n) is 11.7. The van der Waals surface area contributed by atoms with Gasteiger partial charge >= 0.3 is 0 Å². The maximum absolute atomic E-state index is 2.61. The predicted molar refractivity (Wildman–Crippen MR) is 297 cm³/mol. The quantitative estimate of drug-likeness (QED) is 0.148. The van der Waals surface area contributed by atoms with E-state index < -0.39 is 0 Å². The van der Waals surface area contributed by atoms with E-state index in [4.69, 9.17) is 0 Å². The fourth-order valence-corrected chi connectivity index (χ4v) is 11.7. The lowest BCUT2D eigenvalue weighted by Gasteiger charge is -2.45. The SMILES string of the molecule is c1ccc(-c2cccc(-c3ccccc3)c2N2c3ccccc3B3c4ccccc4N(c4ccccc4)c4cc(-n5c6c(-c7ccccc7)cccc6c6cccc(-c7ccccc7)c65)cc2c43)cc1. The Kier molecular flexibility index (Phi) is 9.31. The van der Waals surface area contributed by atoms with Gasteiger partial charge in [-0.2, -0.15) is 0 Å². The second kappa shape index (κ2) is 16.3. The maximum Gasteiger partial charge on any atom is 0.252 e. The molecule has 3 heterocycles. The van der Waals surface area contributed by atoms with Crippen LogP contribution in [0.15, 0.2) is 267 Å². The molecule has 0 N–H and O–H groups in total. The maximum atomic E-state index is 2.61. The molecule has 0 saturated carbocycles. The number of hydrogen-bond acceptors (Lipinski definition) is 2. The highest BCUT2D eigenvalue weighted by Crippen LogP contribution is 2.51. The molecule has 326 valence electrons. The van der Waals surface area contributed by atoms with Crippen LogP contribution in [0.1, 0.15) is 0 Å². The van der Waals surface area contributed by atoms with E-state index in [9.17, 15) is 0 Å². The molecule has 0 bridgehead atoms. The second-order valence-corrected chi connectivity index (χ2v) is 18.4. The summed E-state index contributed by atoms with van der Waals surface area (Å²) in [4.78, 5) is 5.13. The summed E-state index contributed by atoms with van der Waals surface area (Å²) < 4.78 is 2.59. The van der Waals surface area contributed by atoms with E-state index in [1.165, 1.54) is 94.1 Å². The van der Waals surface area contributed by atoms with Crippen molar-refractivity contribution in [1.29, 1.82) is 0 Å². The Balaban J connectivity index is 1.18. The number of anilines is 6.